The van der Waals surface area contributed by atoms with Crippen LogP contribution in [0.5, 0.6) is 0 Å². The van der Waals surface area contributed by atoms with Gasteiger partial charge in [-0.15, -0.1) is 0 Å². The summed E-state index contributed by atoms with van der Waals surface area (Å²) in [5.41, 5.74) is 5.84. The molecule has 0 spiro atoms. The Bertz CT molecular complexity index is 587. The summed E-state index contributed by atoms with van der Waals surface area (Å²) >= 11 is 1.22. The second kappa shape index (κ2) is 5.16. The van der Waals surface area contributed by atoms with Gasteiger partial charge in [-0.05, 0) is 30.9 Å². The monoisotopic (exact) mass is 316 g/mol. The third-order valence-electron chi connectivity index (χ3n) is 4.01. The molecule has 1 saturated carbocycles. The minimum Gasteiger partial charge on any atom is -0.382 e. The van der Waals surface area contributed by atoms with E-state index >= 15 is 0 Å². The molecule has 112 valence electrons. The third kappa shape index (κ3) is 2.40. The van der Waals surface area contributed by atoms with Crippen molar-refractivity contribution < 1.29 is 8.42 Å². The van der Waals surface area contributed by atoms with E-state index in [9.17, 15) is 8.42 Å². The largest absolute Gasteiger partial charge is 0.382 e. The van der Waals surface area contributed by atoms with E-state index in [0.717, 1.165) is 50.6 Å². The molecule has 1 aromatic heterocycles. The molecule has 6 nitrogen and oxygen atoms in total. The first-order valence-electron chi connectivity index (χ1n) is 7.00. The normalized spacial score (nSPS) is 21.4. The zero-order valence-corrected chi connectivity index (χ0v) is 13.2. The zero-order chi connectivity index (χ0) is 14.3. The number of piperazine rings is 1. The molecule has 2 aliphatic rings. The van der Waals surface area contributed by atoms with Gasteiger partial charge in [0.25, 0.3) is 0 Å². The predicted molar refractivity (Wildman–Crippen MR) is 81.1 cm³/mol. The van der Waals surface area contributed by atoms with Crippen LogP contribution in [0, 0.1) is 0 Å². The number of nitrogens with zero attached hydrogens (tertiary/aromatic N) is 3. The van der Waals surface area contributed by atoms with E-state index in [1.54, 1.807) is 0 Å². The molecule has 3 rings (SSSR count). The molecule has 20 heavy (non-hydrogen) atoms. The first-order valence-corrected chi connectivity index (χ1v) is 9.32. The van der Waals surface area contributed by atoms with E-state index in [-0.39, 0.29) is 16.0 Å². The van der Waals surface area contributed by atoms with Crippen LogP contribution in [0.4, 0.5) is 10.8 Å². The molecule has 0 radical (unpaired) electrons. The lowest BCUT2D eigenvalue weighted by Gasteiger charge is -2.34. The summed E-state index contributed by atoms with van der Waals surface area (Å²) in [5, 5.41) is 0.502. The number of nitrogen functional groups attached to an aromatic ring is 1. The van der Waals surface area contributed by atoms with Gasteiger partial charge in [0.05, 0.1) is 5.25 Å². The Morgan fingerprint density at radius 3 is 2.50 bits per heavy atom. The van der Waals surface area contributed by atoms with Gasteiger partial charge in [0.15, 0.2) is 15.7 Å². The molecule has 2 N–H and O–H groups in total. The number of nitrogens with two attached hydrogens (primary N) is 1. The maximum Gasteiger partial charge on any atom is 0.187 e. The Hall–Kier alpha value is -0.860. The SMILES string of the molecule is CCN1CCN(c2snc(N)c2S(=O)(=O)C2CC2)CC1. The molecule has 0 amide bonds. The van der Waals surface area contributed by atoms with E-state index in [1.165, 1.54) is 11.5 Å². The van der Waals surface area contributed by atoms with Gasteiger partial charge >= 0.3 is 0 Å². The van der Waals surface area contributed by atoms with Crippen LogP contribution in [-0.2, 0) is 9.84 Å². The fourth-order valence-corrected chi connectivity index (χ4v) is 5.65. The average molecular weight is 316 g/mol. The summed E-state index contributed by atoms with van der Waals surface area (Å²) in [4.78, 5) is 4.76. The molecule has 1 aliphatic carbocycles. The van der Waals surface area contributed by atoms with E-state index in [4.69, 9.17) is 5.73 Å². The summed E-state index contributed by atoms with van der Waals surface area (Å²) in [6.07, 6.45) is 1.50. The molecule has 2 fully saturated rings. The van der Waals surface area contributed by atoms with Crippen molar-refractivity contribution in [1.29, 1.82) is 0 Å². The third-order valence-corrected chi connectivity index (χ3v) is 7.38. The lowest BCUT2D eigenvalue weighted by Crippen LogP contribution is -2.46. The van der Waals surface area contributed by atoms with Crippen molar-refractivity contribution in [2.75, 3.05) is 43.4 Å². The van der Waals surface area contributed by atoms with Crippen molar-refractivity contribution in [2.45, 2.75) is 29.9 Å². The van der Waals surface area contributed by atoms with Crippen LogP contribution in [0.15, 0.2) is 4.90 Å². The first-order chi connectivity index (χ1) is 9.54. The highest BCUT2D eigenvalue weighted by molar-refractivity contribution is 7.92. The predicted octanol–water partition coefficient (Wildman–Crippen LogP) is 0.803. The Balaban J connectivity index is 1.88. The average Bonchev–Trinajstić information content (AvgIpc) is 3.23. The number of hydrogen-bond acceptors (Lipinski definition) is 7. The number of aromatic nitrogens is 1. The summed E-state index contributed by atoms with van der Waals surface area (Å²) in [7, 11) is -3.28. The molecule has 0 bridgehead atoms. The molecule has 1 saturated heterocycles. The van der Waals surface area contributed by atoms with E-state index in [0.29, 0.717) is 0 Å². The highest BCUT2D eigenvalue weighted by Crippen LogP contribution is 2.42. The van der Waals surface area contributed by atoms with Crippen molar-refractivity contribution in [3.05, 3.63) is 0 Å². The number of rotatable bonds is 4. The van der Waals surface area contributed by atoms with Gasteiger partial charge in [-0.3, -0.25) is 0 Å². The minimum atomic E-state index is -3.28. The lowest BCUT2D eigenvalue weighted by atomic mass is 10.3. The van der Waals surface area contributed by atoms with Crippen LogP contribution in [0.25, 0.3) is 0 Å². The van der Waals surface area contributed by atoms with Crippen LogP contribution in [0.3, 0.4) is 0 Å². The molecule has 8 heteroatoms. The minimum absolute atomic E-state index is 0.176. The maximum absolute atomic E-state index is 12.5. The zero-order valence-electron chi connectivity index (χ0n) is 11.6. The van der Waals surface area contributed by atoms with Crippen LogP contribution in [0.1, 0.15) is 19.8 Å². The first kappa shape index (κ1) is 14.1. The van der Waals surface area contributed by atoms with E-state index in [2.05, 4.69) is 21.1 Å². The molecule has 2 heterocycles. The van der Waals surface area contributed by atoms with Gasteiger partial charge in [-0.1, -0.05) is 6.92 Å². The van der Waals surface area contributed by atoms with Crippen molar-refractivity contribution in [3.8, 4) is 0 Å². The lowest BCUT2D eigenvalue weighted by molar-refractivity contribution is 0.271. The summed E-state index contributed by atoms with van der Waals surface area (Å²) in [5.74, 6) is 0.176. The van der Waals surface area contributed by atoms with Gasteiger partial charge < -0.3 is 15.5 Å². The molecule has 1 aliphatic heterocycles. The highest BCUT2D eigenvalue weighted by atomic mass is 32.2. The summed E-state index contributed by atoms with van der Waals surface area (Å²) in [6, 6.07) is 0. The van der Waals surface area contributed by atoms with Gasteiger partial charge in [0.1, 0.15) is 9.90 Å². The maximum atomic E-state index is 12.5. The summed E-state index contributed by atoms with van der Waals surface area (Å²) < 4.78 is 29.1. The van der Waals surface area contributed by atoms with Crippen molar-refractivity contribution in [2.24, 2.45) is 0 Å². The quantitative estimate of drug-likeness (QED) is 0.885. The molecule has 0 atom stereocenters. The van der Waals surface area contributed by atoms with E-state index in [1.807, 2.05) is 0 Å². The smallest absolute Gasteiger partial charge is 0.187 e. The number of likely N-dealkylation sites (N-methyl/N-ethyl adjacent to an activating group) is 1. The van der Waals surface area contributed by atoms with Crippen LogP contribution >= 0.6 is 11.5 Å². The van der Waals surface area contributed by atoms with Gasteiger partial charge in [0.2, 0.25) is 0 Å². The topological polar surface area (TPSA) is 79.5 Å². The number of sulfone groups is 1. The van der Waals surface area contributed by atoms with Crippen molar-refractivity contribution in [1.82, 2.24) is 9.27 Å². The van der Waals surface area contributed by atoms with Crippen LogP contribution < -0.4 is 10.6 Å². The second-order valence-electron chi connectivity index (χ2n) is 5.37. The Labute approximate surface area is 123 Å². The fourth-order valence-electron chi connectivity index (χ4n) is 2.57. The highest BCUT2D eigenvalue weighted by Gasteiger charge is 2.41. The standard InChI is InChI=1S/C12H20N4O2S2/c1-2-15-5-7-16(8-6-15)12-10(11(13)14-19-12)20(17,18)9-3-4-9/h9H,2-8H2,1H3,(H2,13,14). The van der Waals surface area contributed by atoms with Gasteiger partial charge in [-0.25, -0.2) is 8.42 Å². The van der Waals surface area contributed by atoms with Crippen LogP contribution in [0.2, 0.25) is 0 Å². The second-order valence-corrected chi connectivity index (χ2v) is 8.28. The number of anilines is 2. The Morgan fingerprint density at radius 1 is 1.30 bits per heavy atom. The molecule has 1 aromatic rings. The Morgan fingerprint density at radius 2 is 1.95 bits per heavy atom. The van der Waals surface area contributed by atoms with E-state index < -0.39 is 9.84 Å². The fraction of sp³-hybridized carbons (Fsp3) is 0.750. The van der Waals surface area contributed by atoms with Crippen LogP contribution in [-0.4, -0.2) is 55.7 Å². The molecular weight excluding hydrogens is 296 g/mol. The number of hydrogen-bond donors (Lipinski definition) is 1. The van der Waals surface area contributed by atoms with Crippen molar-refractivity contribution >= 4 is 32.2 Å². The summed E-state index contributed by atoms with van der Waals surface area (Å²) in [6.45, 7) is 6.76. The Kier molecular flexibility index (Phi) is 3.64. The molecular formula is C12H20N4O2S2. The van der Waals surface area contributed by atoms with Crippen molar-refractivity contribution in [3.63, 3.8) is 0 Å². The van der Waals surface area contributed by atoms with Gasteiger partial charge in [-0.2, -0.15) is 4.37 Å². The van der Waals surface area contributed by atoms with Gasteiger partial charge in [0, 0.05) is 26.2 Å². The molecule has 0 aromatic carbocycles. The molecule has 0 unspecified atom stereocenters.